The quantitative estimate of drug-likeness (QED) is 0.189. The molecule has 0 spiro atoms. The van der Waals surface area contributed by atoms with Crippen LogP contribution in [0.15, 0.2) is 109 Å². The fourth-order valence-electron chi connectivity index (χ4n) is 6.23. The Bertz CT molecular complexity index is 1730. The smallest absolute Gasteiger partial charge is 0.408 e. The van der Waals surface area contributed by atoms with Crippen LogP contribution in [0.4, 0.5) is 10.5 Å². The van der Waals surface area contributed by atoms with Crippen LogP contribution in [0.1, 0.15) is 66.0 Å². The number of ether oxygens (including phenoxy) is 3. The summed E-state index contributed by atoms with van der Waals surface area (Å²) in [6.45, 7) is 2.80. The van der Waals surface area contributed by atoms with Crippen molar-refractivity contribution in [2.45, 2.75) is 63.6 Å². The lowest BCUT2D eigenvalue weighted by Gasteiger charge is -2.39. The van der Waals surface area contributed by atoms with Gasteiger partial charge in [-0.15, -0.1) is 0 Å². The van der Waals surface area contributed by atoms with Crippen LogP contribution in [-0.2, 0) is 37.0 Å². The molecule has 2 saturated heterocycles. The number of amides is 3. The van der Waals surface area contributed by atoms with Crippen molar-refractivity contribution in [2.24, 2.45) is 0 Å². The van der Waals surface area contributed by atoms with Crippen molar-refractivity contribution in [3.63, 3.8) is 0 Å². The molecule has 2 heterocycles. The first kappa shape index (κ1) is 34.0. The maximum Gasteiger partial charge on any atom is 0.408 e. The molecule has 2 fully saturated rings. The van der Waals surface area contributed by atoms with Crippen LogP contribution in [0, 0.1) is 0 Å². The zero-order chi connectivity index (χ0) is 34.3. The van der Waals surface area contributed by atoms with Crippen molar-refractivity contribution in [3.8, 4) is 0 Å². The van der Waals surface area contributed by atoms with E-state index in [-0.39, 0.29) is 37.9 Å². The molecular formula is C39H41N3O7. The Labute approximate surface area is 286 Å². The van der Waals surface area contributed by atoms with E-state index in [1.165, 1.54) is 5.56 Å². The van der Waals surface area contributed by atoms with Gasteiger partial charge in [0.05, 0.1) is 30.9 Å². The molecule has 6 rings (SSSR count). The van der Waals surface area contributed by atoms with Crippen molar-refractivity contribution >= 4 is 23.6 Å². The molecule has 0 aliphatic carbocycles. The predicted molar refractivity (Wildman–Crippen MR) is 183 cm³/mol. The lowest BCUT2D eigenvalue weighted by atomic mass is 9.99. The first-order valence-corrected chi connectivity index (χ1v) is 16.5. The molecule has 0 bridgehead atoms. The molecule has 3 amide bonds. The highest BCUT2D eigenvalue weighted by molar-refractivity contribution is 6.22. The standard InChI is InChI=1S/C39H41N3O7/c1-26(29-12-7-4-8-13-29)41(2)23-33-21-35(30-18-16-27(24-43)17-19-30)49-38(48-33)31-14-9-15-32(20-31)42-36(44)22-34(37(42)45)40-39(46)47-25-28-10-5-3-6-11-28/h3-20,26,33-35,38,43H,21-25H2,1-2H3,(H,40,46)/t26-,33-,34?,35+,38+/m0/s1. The van der Waals surface area contributed by atoms with Gasteiger partial charge in [0.1, 0.15) is 12.6 Å². The first-order chi connectivity index (χ1) is 23.8. The molecule has 2 aliphatic heterocycles. The van der Waals surface area contributed by atoms with Gasteiger partial charge in [-0.25, -0.2) is 9.69 Å². The van der Waals surface area contributed by atoms with Gasteiger partial charge in [0.2, 0.25) is 5.91 Å². The number of anilines is 1. The predicted octanol–water partition coefficient (Wildman–Crippen LogP) is 5.98. The fraction of sp³-hybridized carbons (Fsp3) is 0.308. The van der Waals surface area contributed by atoms with Crippen molar-refractivity contribution in [1.82, 2.24) is 10.2 Å². The number of alkyl carbamates (subject to hydrolysis) is 1. The van der Waals surface area contributed by atoms with E-state index >= 15 is 0 Å². The summed E-state index contributed by atoms with van der Waals surface area (Å²) >= 11 is 0. The Kier molecular flexibility index (Phi) is 10.8. The van der Waals surface area contributed by atoms with Gasteiger partial charge in [-0.05, 0) is 48.4 Å². The molecule has 10 heteroatoms. The van der Waals surface area contributed by atoms with Crippen molar-refractivity contribution in [2.75, 3.05) is 18.5 Å². The van der Waals surface area contributed by atoms with Crippen molar-refractivity contribution in [3.05, 3.63) is 137 Å². The normalized spacial score (nSPS) is 21.5. The SMILES string of the molecule is C[C@@H](c1ccccc1)N(C)C[C@@H]1C[C@H](c2ccc(CO)cc2)O[C@H](c2cccc(N3C(=O)CC(NC(=O)OCc4ccccc4)C3=O)c2)O1. The maximum absolute atomic E-state index is 13.4. The van der Waals surface area contributed by atoms with Gasteiger partial charge >= 0.3 is 6.09 Å². The fourth-order valence-corrected chi connectivity index (χ4v) is 6.23. The van der Waals surface area contributed by atoms with Crippen LogP contribution < -0.4 is 10.2 Å². The van der Waals surface area contributed by atoms with Gasteiger partial charge in [0.25, 0.3) is 5.91 Å². The lowest BCUT2D eigenvalue weighted by molar-refractivity contribution is -0.253. The second-order valence-corrected chi connectivity index (χ2v) is 12.5. The molecule has 5 atom stereocenters. The van der Waals surface area contributed by atoms with E-state index in [1.54, 1.807) is 18.2 Å². The second-order valence-electron chi connectivity index (χ2n) is 12.5. The van der Waals surface area contributed by atoms with Crippen LogP contribution in [0.25, 0.3) is 0 Å². The van der Waals surface area contributed by atoms with Crippen LogP contribution in [0.2, 0.25) is 0 Å². The number of nitrogens with zero attached hydrogens (tertiary/aromatic N) is 2. The van der Waals surface area contributed by atoms with E-state index in [2.05, 4.69) is 36.3 Å². The Hall–Kier alpha value is -4.87. The molecule has 4 aromatic rings. The summed E-state index contributed by atoms with van der Waals surface area (Å²) in [4.78, 5) is 42.3. The largest absolute Gasteiger partial charge is 0.445 e. The summed E-state index contributed by atoms with van der Waals surface area (Å²) in [6, 6.07) is 33.3. The Morgan fingerprint density at radius 2 is 1.63 bits per heavy atom. The minimum atomic E-state index is -1.04. The van der Waals surface area contributed by atoms with Crippen LogP contribution in [0.3, 0.4) is 0 Å². The maximum atomic E-state index is 13.4. The number of benzene rings is 4. The van der Waals surface area contributed by atoms with E-state index in [0.717, 1.165) is 21.6 Å². The number of aliphatic hydroxyl groups excluding tert-OH is 1. The Balaban J connectivity index is 1.17. The Morgan fingerprint density at radius 3 is 2.35 bits per heavy atom. The van der Waals surface area contributed by atoms with Gasteiger partial charge in [-0.1, -0.05) is 97.1 Å². The number of aliphatic hydroxyl groups is 1. The van der Waals surface area contributed by atoms with Gasteiger partial charge in [0, 0.05) is 24.6 Å². The number of carbonyl (C=O) groups excluding carboxylic acids is 3. The van der Waals surface area contributed by atoms with Crippen molar-refractivity contribution in [1.29, 1.82) is 0 Å². The van der Waals surface area contributed by atoms with E-state index in [4.69, 9.17) is 14.2 Å². The Morgan fingerprint density at radius 1 is 0.918 bits per heavy atom. The van der Waals surface area contributed by atoms with E-state index in [9.17, 15) is 19.5 Å². The molecule has 254 valence electrons. The van der Waals surface area contributed by atoms with E-state index in [0.29, 0.717) is 24.2 Å². The van der Waals surface area contributed by atoms with Crippen molar-refractivity contribution < 1.29 is 33.7 Å². The monoisotopic (exact) mass is 663 g/mol. The van der Waals surface area contributed by atoms with Gasteiger partial charge in [-0.3, -0.25) is 14.5 Å². The number of hydrogen-bond donors (Lipinski definition) is 2. The molecular weight excluding hydrogens is 622 g/mol. The summed E-state index contributed by atoms with van der Waals surface area (Å²) in [6.07, 6.45) is -1.63. The molecule has 10 nitrogen and oxygen atoms in total. The minimum absolute atomic E-state index is 0.0448. The third kappa shape index (κ3) is 8.23. The van der Waals surface area contributed by atoms with Gasteiger partial charge in [-0.2, -0.15) is 0 Å². The average Bonchev–Trinajstić information content (AvgIpc) is 3.42. The number of carbonyl (C=O) groups is 3. The number of likely N-dealkylation sites (N-methyl/N-ethyl adjacent to an activating group) is 1. The number of rotatable bonds is 11. The van der Waals surface area contributed by atoms with Crippen LogP contribution >= 0.6 is 0 Å². The summed E-state index contributed by atoms with van der Waals surface area (Å²) < 4.78 is 18.4. The molecule has 2 aliphatic rings. The summed E-state index contributed by atoms with van der Waals surface area (Å²) in [7, 11) is 2.07. The molecule has 0 saturated carbocycles. The highest BCUT2D eigenvalue weighted by Gasteiger charge is 2.41. The summed E-state index contributed by atoms with van der Waals surface area (Å²) in [5.74, 6) is -0.974. The molecule has 0 aromatic heterocycles. The number of hydrogen-bond acceptors (Lipinski definition) is 8. The highest BCUT2D eigenvalue weighted by atomic mass is 16.7. The molecule has 4 aromatic carbocycles. The summed E-state index contributed by atoms with van der Waals surface area (Å²) in [5, 5.41) is 12.1. The second kappa shape index (κ2) is 15.6. The first-order valence-electron chi connectivity index (χ1n) is 16.5. The van der Waals surface area contributed by atoms with Crippen LogP contribution in [0.5, 0.6) is 0 Å². The third-order valence-electron chi connectivity index (χ3n) is 9.10. The average molecular weight is 664 g/mol. The summed E-state index contributed by atoms with van der Waals surface area (Å²) in [5.41, 5.74) is 4.80. The van der Waals surface area contributed by atoms with Gasteiger partial charge < -0.3 is 24.6 Å². The number of imide groups is 1. The van der Waals surface area contributed by atoms with Gasteiger partial charge in [0.15, 0.2) is 6.29 Å². The molecule has 49 heavy (non-hydrogen) atoms. The van der Waals surface area contributed by atoms with E-state index in [1.807, 2.05) is 78.9 Å². The van der Waals surface area contributed by atoms with Crippen LogP contribution in [-0.4, -0.2) is 53.7 Å². The molecule has 1 unspecified atom stereocenters. The molecule has 2 N–H and O–H groups in total. The van der Waals surface area contributed by atoms with E-state index < -0.39 is 30.2 Å². The minimum Gasteiger partial charge on any atom is -0.445 e. The lowest BCUT2D eigenvalue weighted by Crippen LogP contribution is -2.42. The topological polar surface area (TPSA) is 118 Å². The number of nitrogens with one attached hydrogen (secondary N) is 1. The zero-order valence-corrected chi connectivity index (χ0v) is 27.6. The molecule has 0 radical (unpaired) electrons. The zero-order valence-electron chi connectivity index (χ0n) is 27.6. The third-order valence-corrected chi connectivity index (χ3v) is 9.10. The highest BCUT2D eigenvalue weighted by Crippen LogP contribution is 2.39.